The summed E-state index contributed by atoms with van der Waals surface area (Å²) in [6.07, 6.45) is 1.59. The normalized spacial score (nSPS) is 12.0. The Bertz CT molecular complexity index is 1330. The zero-order valence-corrected chi connectivity index (χ0v) is 24.4. The van der Waals surface area contributed by atoms with Crippen LogP contribution in [0.15, 0.2) is 84.9 Å². The van der Waals surface area contributed by atoms with Gasteiger partial charge in [-0.25, -0.2) is 8.42 Å². The van der Waals surface area contributed by atoms with Crippen molar-refractivity contribution in [3.63, 3.8) is 0 Å². The number of rotatable bonds is 14. The first-order chi connectivity index (χ1) is 19.0. The Hall–Kier alpha value is -3.85. The van der Waals surface area contributed by atoms with Crippen molar-refractivity contribution in [2.45, 2.75) is 39.8 Å². The predicted molar refractivity (Wildman–Crippen MR) is 159 cm³/mol. The van der Waals surface area contributed by atoms with Gasteiger partial charge in [-0.1, -0.05) is 74.5 Å². The standard InChI is InChI=1S/C31H39N3O5S/c1-24(2)21-32-31(36)25(3)33(20-19-26-11-7-5-8-12-26)30(35)22-34(40(4,37)38)28-15-17-29(18-16-28)39-23-27-13-9-6-10-14-27/h5-18,24-25H,19-23H2,1-4H3,(H,32,36)/t25-/m1/s1. The van der Waals surface area contributed by atoms with Gasteiger partial charge < -0.3 is 15.0 Å². The van der Waals surface area contributed by atoms with E-state index in [9.17, 15) is 18.0 Å². The molecule has 0 saturated carbocycles. The molecule has 0 aromatic heterocycles. The van der Waals surface area contributed by atoms with Crippen molar-refractivity contribution in [3.05, 3.63) is 96.1 Å². The lowest BCUT2D eigenvalue weighted by Crippen LogP contribution is -2.52. The van der Waals surface area contributed by atoms with E-state index in [1.165, 1.54) is 4.90 Å². The lowest BCUT2D eigenvalue weighted by Gasteiger charge is -2.31. The molecule has 40 heavy (non-hydrogen) atoms. The van der Waals surface area contributed by atoms with Crippen molar-refractivity contribution in [3.8, 4) is 5.75 Å². The molecule has 0 fully saturated rings. The van der Waals surface area contributed by atoms with Crippen LogP contribution in [0.25, 0.3) is 0 Å². The number of nitrogens with zero attached hydrogens (tertiary/aromatic N) is 2. The summed E-state index contributed by atoms with van der Waals surface area (Å²) in [4.78, 5) is 28.0. The molecule has 0 aliphatic carbocycles. The highest BCUT2D eigenvalue weighted by molar-refractivity contribution is 7.92. The van der Waals surface area contributed by atoms with E-state index in [-0.39, 0.29) is 18.4 Å². The Morgan fingerprint density at radius 1 is 0.850 bits per heavy atom. The molecule has 3 rings (SSSR count). The van der Waals surface area contributed by atoms with E-state index in [4.69, 9.17) is 4.74 Å². The highest BCUT2D eigenvalue weighted by atomic mass is 32.2. The van der Waals surface area contributed by atoms with Gasteiger partial charge >= 0.3 is 0 Å². The van der Waals surface area contributed by atoms with E-state index in [1.807, 2.05) is 74.5 Å². The zero-order chi connectivity index (χ0) is 29.1. The second kappa shape index (κ2) is 14.5. The first-order valence-corrected chi connectivity index (χ1v) is 15.2. The third-order valence-electron chi connectivity index (χ3n) is 6.39. The summed E-state index contributed by atoms with van der Waals surface area (Å²) in [7, 11) is -3.80. The third kappa shape index (κ3) is 9.41. The van der Waals surface area contributed by atoms with Gasteiger partial charge in [0.15, 0.2) is 0 Å². The summed E-state index contributed by atoms with van der Waals surface area (Å²) in [5.41, 5.74) is 2.36. The minimum Gasteiger partial charge on any atom is -0.489 e. The molecule has 0 spiro atoms. The average Bonchev–Trinajstić information content (AvgIpc) is 2.94. The molecular weight excluding hydrogens is 526 g/mol. The number of nitrogens with one attached hydrogen (secondary N) is 1. The monoisotopic (exact) mass is 565 g/mol. The van der Waals surface area contributed by atoms with Gasteiger partial charge in [0.05, 0.1) is 11.9 Å². The molecular formula is C31H39N3O5S. The number of hydrogen-bond donors (Lipinski definition) is 1. The fourth-order valence-corrected chi connectivity index (χ4v) is 4.94. The molecule has 1 N–H and O–H groups in total. The largest absolute Gasteiger partial charge is 0.489 e. The Kier molecular flexibility index (Phi) is 11.1. The van der Waals surface area contributed by atoms with Crippen molar-refractivity contribution in [2.75, 3.05) is 30.2 Å². The Morgan fingerprint density at radius 3 is 1.98 bits per heavy atom. The van der Waals surface area contributed by atoms with E-state index in [0.717, 1.165) is 21.7 Å². The zero-order valence-electron chi connectivity index (χ0n) is 23.6. The van der Waals surface area contributed by atoms with Crippen LogP contribution in [-0.2, 0) is 32.6 Å². The maximum absolute atomic E-state index is 13.6. The predicted octanol–water partition coefficient (Wildman–Crippen LogP) is 4.26. The van der Waals surface area contributed by atoms with Crippen molar-refractivity contribution < 1.29 is 22.7 Å². The SMILES string of the molecule is CC(C)CNC(=O)[C@@H](C)N(CCc1ccccc1)C(=O)CN(c1ccc(OCc2ccccc2)cc1)S(C)(=O)=O. The second-order valence-corrected chi connectivity index (χ2v) is 12.1. The summed E-state index contributed by atoms with van der Waals surface area (Å²) in [6.45, 7) is 6.35. The first kappa shape index (κ1) is 30.7. The number of amides is 2. The third-order valence-corrected chi connectivity index (χ3v) is 7.53. The molecule has 0 bridgehead atoms. The molecule has 0 aliphatic rings. The fraction of sp³-hybridized carbons (Fsp3) is 0.355. The second-order valence-electron chi connectivity index (χ2n) is 10.2. The van der Waals surface area contributed by atoms with Crippen LogP contribution in [0.1, 0.15) is 31.9 Å². The molecule has 9 heteroatoms. The number of anilines is 1. The Labute approximate surface area is 238 Å². The minimum absolute atomic E-state index is 0.255. The van der Waals surface area contributed by atoms with Crippen molar-refractivity contribution >= 4 is 27.5 Å². The van der Waals surface area contributed by atoms with Crippen LogP contribution in [0.4, 0.5) is 5.69 Å². The number of carbonyl (C=O) groups is 2. The average molecular weight is 566 g/mol. The molecule has 0 heterocycles. The highest BCUT2D eigenvalue weighted by Gasteiger charge is 2.29. The van der Waals surface area contributed by atoms with E-state index in [2.05, 4.69) is 5.32 Å². The van der Waals surface area contributed by atoms with Gasteiger partial charge in [0.2, 0.25) is 21.8 Å². The van der Waals surface area contributed by atoms with E-state index in [0.29, 0.717) is 31.0 Å². The topological polar surface area (TPSA) is 96.0 Å². The van der Waals surface area contributed by atoms with Gasteiger partial charge in [-0.15, -0.1) is 0 Å². The van der Waals surface area contributed by atoms with E-state index < -0.39 is 28.5 Å². The number of benzene rings is 3. The van der Waals surface area contributed by atoms with Crippen LogP contribution in [0.2, 0.25) is 0 Å². The van der Waals surface area contributed by atoms with Gasteiger partial charge in [0.1, 0.15) is 24.9 Å². The maximum Gasteiger partial charge on any atom is 0.244 e. The molecule has 0 unspecified atom stereocenters. The number of sulfonamides is 1. The molecule has 3 aromatic carbocycles. The van der Waals surface area contributed by atoms with Crippen LogP contribution >= 0.6 is 0 Å². The molecule has 1 atom stereocenters. The molecule has 3 aromatic rings. The van der Waals surface area contributed by atoms with Crippen LogP contribution in [0.5, 0.6) is 5.75 Å². The molecule has 0 saturated heterocycles. The van der Waals surface area contributed by atoms with Gasteiger partial charge in [0, 0.05) is 13.1 Å². The number of hydrogen-bond acceptors (Lipinski definition) is 5. The lowest BCUT2D eigenvalue weighted by atomic mass is 10.1. The van der Waals surface area contributed by atoms with Crippen molar-refractivity contribution in [1.29, 1.82) is 0 Å². The number of ether oxygens (including phenoxy) is 1. The first-order valence-electron chi connectivity index (χ1n) is 13.4. The van der Waals surface area contributed by atoms with Crippen LogP contribution in [0.3, 0.4) is 0 Å². The summed E-state index contributed by atoms with van der Waals surface area (Å²) < 4.78 is 32.5. The molecule has 8 nitrogen and oxygen atoms in total. The lowest BCUT2D eigenvalue weighted by molar-refractivity contribution is -0.138. The Balaban J connectivity index is 1.77. The molecule has 214 valence electrons. The summed E-state index contributed by atoms with van der Waals surface area (Å²) in [6, 6.07) is 25.2. The fourth-order valence-electron chi connectivity index (χ4n) is 4.09. The number of carbonyl (C=O) groups excluding carboxylic acids is 2. The van der Waals surface area contributed by atoms with Gasteiger partial charge in [-0.05, 0) is 54.7 Å². The van der Waals surface area contributed by atoms with Crippen molar-refractivity contribution in [2.24, 2.45) is 5.92 Å². The summed E-state index contributed by atoms with van der Waals surface area (Å²) in [5, 5.41) is 2.88. The Morgan fingerprint density at radius 2 is 1.43 bits per heavy atom. The van der Waals surface area contributed by atoms with Crippen LogP contribution < -0.4 is 14.4 Å². The van der Waals surface area contributed by atoms with Crippen molar-refractivity contribution in [1.82, 2.24) is 10.2 Å². The van der Waals surface area contributed by atoms with Crippen LogP contribution in [-0.4, -0.2) is 57.1 Å². The minimum atomic E-state index is -3.80. The maximum atomic E-state index is 13.6. The molecule has 0 aliphatic heterocycles. The smallest absolute Gasteiger partial charge is 0.244 e. The summed E-state index contributed by atoms with van der Waals surface area (Å²) >= 11 is 0. The van der Waals surface area contributed by atoms with Gasteiger partial charge in [0.25, 0.3) is 0 Å². The van der Waals surface area contributed by atoms with E-state index in [1.54, 1.807) is 31.2 Å². The van der Waals surface area contributed by atoms with Crippen LogP contribution in [0, 0.1) is 5.92 Å². The van der Waals surface area contributed by atoms with Gasteiger partial charge in [-0.2, -0.15) is 0 Å². The quantitative estimate of drug-likeness (QED) is 0.315. The van der Waals surface area contributed by atoms with E-state index >= 15 is 0 Å². The van der Waals surface area contributed by atoms with Gasteiger partial charge in [-0.3, -0.25) is 13.9 Å². The summed E-state index contributed by atoms with van der Waals surface area (Å²) in [5.74, 6) is 0.0937. The molecule has 0 radical (unpaired) electrons. The molecule has 2 amide bonds. The highest BCUT2D eigenvalue weighted by Crippen LogP contribution is 2.23.